The van der Waals surface area contributed by atoms with Gasteiger partial charge in [-0.15, -0.1) is 0 Å². The molecular formula is C17H21N7. The maximum Gasteiger partial charge on any atom is 0.165 e. The molecule has 0 amide bonds. The van der Waals surface area contributed by atoms with Crippen LogP contribution in [0.15, 0.2) is 25.1 Å². The van der Waals surface area contributed by atoms with Gasteiger partial charge in [0, 0.05) is 36.8 Å². The molecule has 0 aliphatic carbocycles. The molecule has 3 rings (SSSR count). The molecule has 7 nitrogen and oxygen atoms in total. The standard InChI is InChI=1S/C17H21N7/c1-3-11(8-20-2)14-10-22-24-16(19)13(7-18)15(23-17(14)24)12-5-4-6-21-9-12/h3,8,10,12,20-21H,1,4-6,9,19H2,2H3/b11-8+. The smallest absolute Gasteiger partial charge is 0.165 e. The van der Waals surface area contributed by atoms with Crippen LogP contribution >= 0.6 is 0 Å². The second-order valence-corrected chi connectivity index (χ2v) is 5.80. The molecule has 1 unspecified atom stereocenters. The van der Waals surface area contributed by atoms with Crippen molar-refractivity contribution < 1.29 is 0 Å². The van der Waals surface area contributed by atoms with Gasteiger partial charge in [0.15, 0.2) is 5.65 Å². The van der Waals surface area contributed by atoms with Gasteiger partial charge in [0.2, 0.25) is 0 Å². The minimum atomic E-state index is 0.184. The van der Waals surface area contributed by atoms with E-state index in [-0.39, 0.29) is 5.92 Å². The zero-order chi connectivity index (χ0) is 17.1. The monoisotopic (exact) mass is 323 g/mol. The average Bonchev–Trinajstić information content (AvgIpc) is 3.04. The van der Waals surface area contributed by atoms with Crippen molar-refractivity contribution >= 4 is 17.0 Å². The molecular weight excluding hydrogens is 302 g/mol. The fourth-order valence-corrected chi connectivity index (χ4v) is 3.13. The lowest BCUT2D eigenvalue weighted by molar-refractivity contribution is 0.454. The first-order valence-electron chi connectivity index (χ1n) is 7.99. The van der Waals surface area contributed by atoms with Crippen LogP contribution in [0, 0.1) is 11.3 Å². The average molecular weight is 323 g/mol. The maximum absolute atomic E-state index is 9.57. The number of allylic oxidation sites excluding steroid dienone is 2. The lowest BCUT2D eigenvalue weighted by Gasteiger charge is -2.23. The number of nitrogens with zero attached hydrogens (tertiary/aromatic N) is 4. The van der Waals surface area contributed by atoms with E-state index in [0.29, 0.717) is 17.0 Å². The maximum atomic E-state index is 9.57. The molecule has 124 valence electrons. The topological polar surface area (TPSA) is 104 Å². The van der Waals surface area contributed by atoms with Crippen molar-refractivity contribution in [2.24, 2.45) is 0 Å². The molecule has 1 aliphatic rings. The molecule has 7 heteroatoms. The highest BCUT2D eigenvalue weighted by atomic mass is 15.3. The molecule has 1 fully saturated rings. The zero-order valence-corrected chi connectivity index (χ0v) is 13.7. The summed E-state index contributed by atoms with van der Waals surface area (Å²) in [5.41, 5.74) is 9.75. The third-order valence-electron chi connectivity index (χ3n) is 4.34. The van der Waals surface area contributed by atoms with Gasteiger partial charge in [0.05, 0.1) is 11.9 Å². The Morgan fingerprint density at radius 3 is 3.08 bits per heavy atom. The summed E-state index contributed by atoms with van der Waals surface area (Å²) in [6, 6.07) is 2.21. The molecule has 1 atom stereocenters. The van der Waals surface area contributed by atoms with Crippen LogP contribution in [-0.2, 0) is 0 Å². The summed E-state index contributed by atoms with van der Waals surface area (Å²) in [6.45, 7) is 5.65. The molecule has 2 aromatic heterocycles. The number of nitrogens with one attached hydrogen (secondary N) is 2. The second-order valence-electron chi connectivity index (χ2n) is 5.80. The van der Waals surface area contributed by atoms with Crippen LogP contribution in [0.5, 0.6) is 0 Å². The Hall–Kier alpha value is -2.85. The van der Waals surface area contributed by atoms with E-state index in [2.05, 4.69) is 28.4 Å². The molecule has 1 saturated heterocycles. The van der Waals surface area contributed by atoms with Gasteiger partial charge in [0.25, 0.3) is 0 Å². The molecule has 0 bridgehead atoms. The Bertz CT molecular complexity index is 835. The molecule has 4 N–H and O–H groups in total. The summed E-state index contributed by atoms with van der Waals surface area (Å²) < 4.78 is 1.53. The summed E-state index contributed by atoms with van der Waals surface area (Å²) in [5, 5.41) is 20.2. The first kappa shape index (κ1) is 16.0. The predicted octanol–water partition coefficient (Wildman–Crippen LogP) is 1.40. The number of fused-ring (bicyclic) bond motifs is 1. The van der Waals surface area contributed by atoms with Crippen LogP contribution in [0.1, 0.15) is 35.6 Å². The van der Waals surface area contributed by atoms with E-state index < -0.39 is 0 Å². The van der Waals surface area contributed by atoms with Crippen LogP contribution in [0.2, 0.25) is 0 Å². The highest BCUT2D eigenvalue weighted by Gasteiger charge is 2.24. The van der Waals surface area contributed by atoms with E-state index in [1.165, 1.54) is 4.52 Å². The van der Waals surface area contributed by atoms with Gasteiger partial charge in [-0.25, -0.2) is 4.98 Å². The number of rotatable bonds is 4. The number of nitrogen functional groups attached to an aromatic ring is 1. The number of hydrogen-bond acceptors (Lipinski definition) is 6. The van der Waals surface area contributed by atoms with Crippen molar-refractivity contribution in [1.82, 2.24) is 25.2 Å². The van der Waals surface area contributed by atoms with Crippen molar-refractivity contribution in [2.75, 3.05) is 25.9 Å². The zero-order valence-electron chi connectivity index (χ0n) is 13.7. The number of aromatic nitrogens is 3. The SMILES string of the molecule is C=C/C(=C\NC)c1cnn2c(N)c(C#N)c(C3CCCNC3)nc12. The van der Waals surface area contributed by atoms with E-state index in [9.17, 15) is 5.26 Å². The van der Waals surface area contributed by atoms with Gasteiger partial charge in [-0.2, -0.15) is 14.9 Å². The van der Waals surface area contributed by atoms with E-state index in [0.717, 1.165) is 42.8 Å². The minimum Gasteiger partial charge on any atom is -0.393 e. The minimum absolute atomic E-state index is 0.184. The van der Waals surface area contributed by atoms with Gasteiger partial charge in [-0.3, -0.25) is 0 Å². The summed E-state index contributed by atoms with van der Waals surface area (Å²) in [7, 11) is 1.82. The fourth-order valence-electron chi connectivity index (χ4n) is 3.13. The Balaban J connectivity index is 2.22. The number of nitriles is 1. The Kier molecular flexibility index (Phi) is 4.49. The summed E-state index contributed by atoms with van der Waals surface area (Å²) in [4.78, 5) is 4.78. The van der Waals surface area contributed by atoms with E-state index in [1.807, 2.05) is 13.2 Å². The second kappa shape index (κ2) is 6.72. The highest BCUT2D eigenvalue weighted by Crippen LogP contribution is 2.30. The molecule has 0 spiro atoms. The summed E-state index contributed by atoms with van der Waals surface area (Å²) in [6.07, 6.45) is 7.33. The van der Waals surface area contributed by atoms with Gasteiger partial charge < -0.3 is 16.4 Å². The molecule has 2 aromatic rings. The third-order valence-corrected chi connectivity index (χ3v) is 4.34. The van der Waals surface area contributed by atoms with Crippen molar-refractivity contribution in [3.63, 3.8) is 0 Å². The largest absolute Gasteiger partial charge is 0.393 e. The molecule has 0 saturated carbocycles. The predicted molar refractivity (Wildman–Crippen MR) is 94.2 cm³/mol. The van der Waals surface area contributed by atoms with Gasteiger partial charge in [0.1, 0.15) is 17.5 Å². The first-order valence-corrected chi connectivity index (χ1v) is 7.99. The lowest BCUT2D eigenvalue weighted by Crippen LogP contribution is -2.29. The molecule has 0 aromatic carbocycles. The van der Waals surface area contributed by atoms with Crippen LogP contribution in [0.25, 0.3) is 11.2 Å². The third kappa shape index (κ3) is 2.61. The molecule has 1 aliphatic heterocycles. The van der Waals surface area contributed by atoms with Gasteiger partial charge >= 0.3 is 0 Å². The van der Waals surface area contributed by atoms with Crippen molar-refractivity contribution in [3.05, 3.63) is 41.9 Å². The lowest BCUT2D eigenvalue weighted by atomic mass is 9.93. The van der Waals surface area contributed by atoms with Crippen LogP contribution in [-0.4, -0.2) is 34.7 Å². The first-order chi connectivity index (χ1) is 11.7. The van der Waals surface area contributed by atoms with E-state index in [1.54, 1.807) is 12.3 Å². The van der Waals surface area contributed by atoms with Crippen LogP contribution < -0.4 is 16.4 Å². The number of piperidine rings is 1. The molecule has 24 heavy (non-hydrogen) atoms. The Morgan fingerprint density at radius 1 is 1.62 bits per heavy atom. The molecule has 3 heterocycles. The van der Waals surface area contributed by atoms with Crippen molar-refractivity contribution in [1.29, 1.82) is 5.26 Å². The van der Waals surface area contributed by atoms with Crippen LogP contribution in [0.3, 0.4) is 0 Å². The number of anilines is 1. The van der Waals surface area contributed by atoms with Crippen molar-refractivity contribution in [3.8, 4) is 6.07 Å². The number of nitrogens with two attached hydrogens (primary N) is 1. The van der Waals surface area contributed by atoms with Crippen molar-refractivity contribution in [2.45, 2.75) is 18.8 Å². The number of hydrogen-bond donors (Lipinski definition) is 3. The van der Waals surface area contributed by atoms with Gasteiger partial charge in [-0.1, -0.05) is 12.7 Å². The quantitative estimate of drug-likeness (QED) is 0.735. The highest BCUT2D eigenvalue weighted by molar-refractivity contribution is 5.82. The normalized spacial score (nSPS) is 18.3. The van der Waals surface area contributed by atoms with E-state index in [4.69, 9.17) is 10.7 Å². The summed E-state index contributed by atoms with van der Waals surface area (Å²) >= 11 is 0. The summed E-state index contributed by atoms with van der Waals surface area (Å²) in [5.74, 6) is 0.520. The Morgan fingerprint density at radius 2 is 2.46 bits per heavy atom. The van der Waals surface area contributed by atoms with Crippen LogP contribution in [0.4, 0.5) is 5.82 Å². The van der Waals surface area contributed by atoms with Gasteiger partial charge in [-0.05, 0) is 19.4 Å². The molecule has 0 radical (unpaired) electrons. The van der Waals surface area contributed by atoms with E-state index >= 15 is 0 Å². The fraction of sp³-hybridized carbons (Fsp3) is 0.353. The Labute approximate surface area is 140 Å².